The zero-order chi connectivity index (χ0) is 22.6. The first kappa shape index (κ1) is 24.7. The topological polar surface area (TPSA) is 128 Å². The fourth-order valence-electron chi connectivity index (χ4n) is 3.13. The lowest BCUT2D eigenvalue weighted by molar-refractivity contribution is 0.408. The Hall–Kier alpha value is -3.52. The van der Waals surface area contributed by atoms with Crippen molar-refractivity contribution in [1.82, 2.24) is 20.8 Å². The van der Waals surface area contributed by atoms with Crippen molar-refractivity contribution in [2.45, 2.75) is 18.7 Å². The highest BCUT2D eigenvalue weighted by atomic mass is 32.2. The minimum atomic E-state index is -3.83. The Morgan fingerprint density at radius 1 is 1.19 bits per heavy atom. The Labute approximate surface area is 186 Å². The second-order valence-corrected chi connectivity index (χ2v) is 8.48. The van der Waals surface area contributed by atoms with E-state index in [1.54, 1.807) is 13.2 Å². The Balaban J connectivity index is 0.00000363. The van der Waals surface area contributed by atoms with Gasteiger partial charge >= 0.3 is 0 Å². The van der Waals surface area contributed by atoms with Crippen molar-refractivity contribution in [1.29, 1.82) is 0 Å². The van der Waals surface area contributed by atoms with E-state index < -0.39 is 15.8 Å². The Bertz CT molecular complexity index is 1250. The van der Waals surface area contributed by atoms with Gasteiger partial charge in [-0.2, -0.15) is 4.72 Å². The summed E-state index contributed by atoms with van der Waals surface area (Å²) in [6, 6.07) is 9.52. The molecule has 0 aliphatic rings. The van der Waals surface area contributed by atoms with Crippen LogP contribution in [0.1, 0.15) is 11.1 Å². The molecule has 0 aliphatic heterocycles. The number of aromatic nitrogens is 2. The number of benzene rings is 2. The number of aryl methyl sites for hydroxylation is 2. The SMILES string of the molecule is C#CCNS(=O)(=O)c1cccc(-c2nc(Nc3cc(C)c(OC)c(C)c3)ncc2F)c1.N. The first-order valence-corrected chi connectivity index (χ1v) is 10.7. The lowest BCUT2D eigenvalue weighted by atomic mass is 10.1. The maximum absolute atomic E-state index is 14.5. The van der Waals surface area contributed by atoms with E-state index >= 15 is 0 Å². The summed E-state index contributed by atoms with van der Waals surface area (Å²) >= 11 is 0. The lowest BCUT2D eigenvalue weighted by Gasteiger charge is -2.13. The molecule has 0 radical (unpaired) electrons. The summed E-state index contributed by atoms with van der Waals surface area (Å²) in [5.41, 5.74) is 2.81. The molecular formula is C22H24FN5O3S. The minimum absolute atomic E-state index is 0. The van der Waals surface area contributed by atoms with Crippen LogP contribution in [0.4, 0.5) is 16.0 Å². The molecule has 0 amide bonds. The van der Waals surface area contributed by atoms with Crippen LogP contribution in [0.2, 0.25) is 0 Å². The average Bonchev–Trinajstić information content (AvgIpc) is 2.73. The first-order chi connectivity index (χ1) is 14.7. The van der Waals surface area contributed by atoms with Crippen molar-refractivity contribution >= 4 is 21.7 Å². The summed E-state index contributed by atoms with van der Waals surface area (Å²) in [5.74, 6) is 2.47. The summed E-state index contributed by atoms with van der Waals surface area (Å²) in [7, 11) is -2.22. The standard InChI is InChI=1S/C22H21FN4O3S.H3N/c1-5-9-25-31(28,29)18-8-6-7-16(12-18)20-19(23)13-24-22(27-20)26-17-10-14(2)21(30-4)15(3)11-17;/h1,6-8,10-13,25H,9H2,2-4H3,(H,24,26,27);1H3. The molecule has 0 fully saturated rings. The predicted molar refractivity (Wildman–Crippen MR) is 122 cm³/mol. The number of hydrogen-bond acceptors (Lipinski definition) is 7. The maximum atomic E-state index is 14.5. The molecule has 3 aromatic rings. The van der Waals surface area contributed by atoms with E-state index in [0.717, 1.165) is 23.1 Å². The number of nitrogens with zero attached hydrogens (tertiary/aromatic N) is 2. The van der Waals surface area contributed by atoms with Gasteiger partial charge in [-0.15, -0.1) is 6.42 Å². The van der Waals surface area contributed by atoms with Crippen LogP contribution in [-0.4, -0.2) is 32.0 Å². The van der Waals surface area contributed by atoms with Crippen LogP contribution >= 0.6 is 0 Å². The van der Waals surface area contributed by atoms with Gasteiger partial charge in [0.25, 0.3) is 0 Å². The fraction of sp³-hybridized carbons (Fsp3) is 0.182. The molecule has 0 bridgehead atoms. The zero-order valence-electron chi connectivity index (χ0n) is 17.9. The van der Waals surface area contributed by atoms with E-state index in [0.29, 0.717) is 5.69 Å². The predicted octanol–water partition coefficient (Wildman–Crippen LogP) is 3.73. The van der Waals surface area contributed by atoms with Gasteiger partial charge in [0.2, 0.25) is 16.0 Å². The fourth-order valence-corrected chi connectivity index (χ4v) is 4.11. The number of sulfonamides is 1. The monoisotopic (exact) mass is 457 g/mol. The van der Waals surface area contributed by atoms with Crippen molar-refractivity contribution in [2.24, 2.45) is 0 Å². The maximum Gasteiger partial charge on any atom is 0.241 e. The number of rotatable bonds is 7. The highest BCUT2D eigenvalue weighted by Gasteiger charge is 2.16. The Morgan fingerprint density at radius 3 is 2.50 bits per heavy atom. The molecule has 5 N–H and O–H groups in total. The summed E-state index contributed by atoms with van der Waals surface area (Å²) in [6.45, 7) is 3.67. The van der Waals surface area contributed by atoms with E-state index in [9.17, 15) is 12.8 Å². The number of halogens is 1. The van der Waals surface area contributed by atoms with Crippen LogP contribution in [0.25, 0.3) is 11.3 Å². The summed E-state index contributed by atoms with van der Waals surface area (Å²) in [5, 5.41) is 3.05. The van der Waals surface area contributed by atoms with E-state index in [4.69, 9.17) is 11.2 Å². The molecule has 1 aromatic heterocycles. The third-order valence-electron chi connectivity index (χ3n) is 4.45. The minimum Gasteiger partial charge on any atom is -0.496 e. The lowest BCUT2D eigenvalue weighted by Crippen LogP contribution is -2.23. The second kappa shape index (κ2) is 10.2. The number of ether oxygens (including phenoxy) is 1. The quantitative estimate of drug-likeness (QED) is 0.461. The first-order valence-electron chi connectivity index (χ1n) is 9.23. The zero-order valence-corrected chi connectivity index (χ0v) is 18.8. The van der Waals surface area contributed by atoms with Crippen molar-refractivity contribution in [3.63, 3.8) is 0 Å². The summed E-state index contributed by atoms with van der Waals surface area (Å²) in [4.78, 5) is 8.19. The van der Waals surface area contributed by atoms with Crippen molar-refractivity contribution in [3.8, 4) is 29.4 Å². The Morgan fingerprint density at radius 2 is 1.88 bits per heavy atom. The Kier molecular flexibility index (Phi) is 7.88. The molecule has 0 unspecified atom stereocenters. The van der Waals surface area contributed by atoms with Crippen molar-refractivity contribution in [3.05, 3.63) is 59.5 Å². The van der Waals surface area contributed by atoms with Gasteiger partial charge in [0.05, 0.1) is 24.7 Å². The normalized spacial score (nSPS) is 10.7. The third-order valence-corrected chi connectivity index (χ3v) is 5.85. The largest absolute Gasteiger partial charge is 0.496 e. The molecule has 2 aromatic carbocycles. The van der Waals surface area contributed by atoms with Gasteiger partial charge in [0, 0.05) is 11.3 Å². The highest BCUT2D eigenvalue weighted by molar-refractivity contribution is 7.89. The molecule has 0 spiro atoms. The average molecular weight is 458 g/mol. The van der Waals surface area contributed by atoms with Crippen LogP contribution in [0.5, 0.6) is 5.75 Å². The molecule has 0 atom stereocenters. The van der Waals surface area contributed by atoms with Crippen LogP contribution in [-0.2, 0) is 10.0 Å². The number of anilines is 2. The van der Waals surface area contributed by atoms with Gasteiger partial charge in [-0.05, 0) is 49.2 Å². The number of terminal acetylenes is 1. The van der Waals surface area contributed by atoms with Crippen molar-refractivity contribution < 1.29 is 17.5 Å². The second-order valence-electron chi connectivity index (χ2n) is 6.71. The van der Waals surface area contributed by atoms with E-state index in [-0.39, 0.29) is 34.8 Å². The smallest absolute Gasteiger partial charge is 0.241 e. The van der Waals surface area contributed by atoms with E-state index in [1.165, 1.54) is 18.2 Å². The molecule has 32 heavy (non-hydrogen) atoms. The molecule has 1 heterocycles. The van der Waals surface area contributed by atoms with Gasteiger partial charge < -0.3 is 16.2 Å². The van der Waals surface area contributed by atoms with Crippen LogP contribution in [0.15, 0.2) is 47.5 Å². The van der Waals surface area contributed by atoms with Crippen LogP contribution in [0.3, 0.4) is 0 Å². The molecule has 3 rings (SSSR count). The van der Waals surface area contributed by atoms with Crippen LogP contribution < -0.4 is 20.9 Å². The summed E-state index contributed by atoms with van der Waals surface area (Å²) in [6.07, 6.45) is 6.15. The van der Waals surface area contributed by atoms with E-state index in [2.05, 4.69) is 25.9 Å². The molecule has 168 valence electrons. The molecular weight excluding hydrogens is 433 g/mol. The van der Waals surface area contributed by atoms with Crippen LogP contribution in [0, 0.1) is 32.0 Å². The van der Waals surface area contributed by atoms with Gasteiger partial charge in [-0.1, -0.05) is 18.1 Å². The molecule has 10 heteroatoms. The summed E-state index contributed by atoms with van der Waals surface area (Å²) < 4.78 is 46.8. The van der Waals surface area contributed by atoms with Gasteiger partial charge in [0.1, 0.15) is 11.4 Å². The number of hydrogen-bond donors (Lipinski definition) is 3. The molecule has 0 aliphatic carbocycles. The van der Waals surface area contributed by atoms with Gasteiger partial charge in [-0.3, -0.25) is 0 Å². The highest BCUT2D eigenvalue weighted by Crippen LogP contribution is 2.29. The van der Waals surface area contributed by atoms with E-state index in [1.807, 2.05) is 26.0 Å². The van der Waals surface area contributed by atoms with Gasteiger partial charge in [-0.25, -0.2) is 22.8 Å². The molecule has 0 saturated heterocycles. The number of nitrogens with one attached hydrogen (secondary N) is 2. The molecule has 8 nitrogen and oxygen atoms in total. The number of methoxy groups -OCH3 is 1. The van der Waals surface area contributed by atoms with Crippen molar-refractivity contribution in [2.75, 3.05) is 19.0 Å². The van der Waals surface area contributed by atoms with Gasteiger partial charge in [0.15, 0.2) is 5.82 Å². The molecule has 0 saturated carbocycles. The third kappa shape index (κ3) is 5.39.